The van der Waals surface area contributed by atoms with Gasteiger partial charge >= 0.3 is 0 Å². The first-order valence-electron chi connectivity index (χ1n) is 6.73. The number of rotatable bonds is 1. The minimum absolute atomic E-state index is 0.143. The van der Waals surface area contributed by atoms with Crippen LogP contribution >= 0.6 is 0 Å². The number of aryl methyl sites for hydroxylation is 1. The maximum Gasteiger partial charge on any atom is 0.139 e. The Kier molecular flexibility index (Phi) is 2.83. The fraction of sp³-hybridized carbons (Fsp3) is 0.600. The number of nitrogens with one attached hydrogen (secondary N) is 1. The summed E-state index contributed by atoms with van der Waals surface area (Å²) in [5.74, 6) is 1.02. The van der Waals surface area contributed by atoms with Gasteiger partial charge in [0, 0.05) is 24.4 Å². The summed E-state index contributed by atoms with van der Waals surface area (Å²) in [6.07, 6.45) is 2.14. The molecule has 18 heavy (non-hydrogen) atoms. The molecule has 1 aromatic carbocycles. The van der Waals surface area contributed by atoms with E-state index in [1.54, 1.807) is 0 Å². The second kappa shape index (κ2) is 4.25. The molecule has 1 saturated heterocycles. The van der Waals surface area contributed by atoms with E-state index in [-0.39, 0.29) is 11.7 Å². The van der Waals surface area contributed by atoms with Crippen LogP contribution in [0.3, 0.4) is 0 Å². The van der Waals surface area contributed by atoms with Gasteiger partial charge in [0.15, 0.2) is 0 Å². The third kappa shape index (κ3) is 1.73. The van der Waals surface area contributed by atoms with E-state index in [0.717, 1.165) is 25.2 Å². The normalized spacial score (nSPS) is 34.4. The summed E-state index contributed by atoms with van der Waals surface area (Å²) in [4.78, 5) is 0. The van der Waals surface area contributed by atoms with Crippen molar-refractivity contribution >= 4 is 0 Å². The minimum atomic E-state index is -0.143. The van der Waals surface area contributed by atoms with Gasteiger partial charge in [0.1, 0.15) is 11.4 Å². The van der Waals surface area contributed by atoms with E-state index in [4.69, 9.17) is 9.47 Å². The summed E-state index contributed by atoms with van der Waals surface area (Å²) >= 11 is 0. The lowest BCUT2D eigenvalue weighted by Gasteiger charge is -2.41. The van der Waals surface area contributed by atoms with Gasteiger partial charge < -0.3 is 14.8 Å². The van der Waals surface area contributed by atoms with E-state index in [0.29, 0.717) is 6.04 Å². The summed E-state index contributed by atoms with van der Waals surface area (Å²) in [6.45, 7) is 5.05. The molecule has 1 spiro atoms. The van der Waals surface area contributed by atoms with Crippen molar-refractivity contribution in [3.8, 4) is 5.75 Å². The van der Waals surface area contributed by atoms with Crippen LogP contribution in [-0.4, -0.2) is 25.4 Å². The lowest BCUT2D eigenvalue weighted by atomic mass is 9.82. The van der Waals surface area contributed by atoms with Crippen molar-refractivity contribution in [3.63, 3.8) is 0 Å². The van der Waals surface area contributed by atoms with Crippen molar-refractivity contribution in [2.75, 3.05) is 13.7 Å². The predicted molar refractivity (Wildman–Crippen MR) is 71.0 cm³/mol. The molecule has 1 aromatic rings. The van der Waals surface area contributed by atoms with Gasteiger partial charge in [-0.05, 0) is 27.0 Å². The molecule has 3 heteroatoms. The fourth-order valence-corrected chi connectivity index (χ4v) is 3.17. The second-order valence-corrected chi connectivity index (χ2v) is 5.52. The number of hydrogen-bond acceptors (Lipinski definition) is 3. The Labute approximate surface area is 108 Å². The van der Waals surface area contributed by atoms with Crippen molar-refractivity contribution in [2.45, 2.75) is 44.4 Å². The molecule has 0 aromatic heterocycles. The molecule has 3 rings (SSSR count). The average molecular weight is 247 g/mol. The van der Waals surface area contributed by atoms with Gasteiger partial charge in [-0.15, -0.1) is 0 Å². The van der Waals surface area contributed by atoms with Crippen LogP contribution in [0.4, 0.5) is 0 Å². The summed E-state index contributed by atoms with van der Waals surface area (Å²) in [5.41, 5.74) is 2.42. The minimum Gasteiger partial charge on any atom is -0.484 e. The molecule has 0 saturated carbocycles. The Morgan fingerprint density at radius 3 is 2.89 bits per heavy atom. The largest absolute Gasteiger partial charge is 0.484 e. The molecule has 3 nitrogen and oxygen atoms in total. The topological polar surface area (TPSA) is 30.5 Å². The van der Waals surface area contributed by atoms with Crippen molar-refractivity contribution in [1.29, 1.82) is 0 Å². The van der Waals surface area contributed by atoms with Crippen molar-refractivity contribution < 1.29 is 9.47 Å². The Morgan fingerprint density at radius 2 is 2.22 bits per heavy atom. The molecule has 0 bridgehead atoms. The van der Waals surface area contributed by atoms with Gasteiger partial charge in [-0.3, -0.25) is 0 Å². The van der Waals surface area contributed by atoms with Crippen molar-refractivity contribution in [2.24, 2.45) is 0 Å². The fourth-order valence-electron chi connectivity index (χ4n) is 3.17. The monoisotopic (exact) mass is 247 g/mol. The second-order valence-electron chi connectivity index (χ2n) is 5.52. The van der Waals surface area contributed by atoms with Crippen LogP contribution in [0.15, 0.2) is 18.2 Å². The third-order valence-electron chi connectivity index (χ3n) is 4.39. The van der Waals surface area contributed by atoms with Crippen LogP contribution in [0.1, 0.15) is 36.9 Å². The predicted octanol–water partition coefficient (Wildman–Crippen LogP) is 2.59. The molecule has 0 radical (unpaired) electrons. The van der Waals surface area contributed by atoms with E-state index in [2.05, 4.69) is 37.4 Å². The van der Waals surface area contributed by atoms with Gasteiger partial charge in [0.2, 0.25) is 0 Å². The molecule has 0 amide bonds. The average Bonchev–Trinajstić information content (AvgIpc) is 2.70. The molecule has 2 aliphatic heterocycles. The van der Waals surface area contributed by atoms with Crippen LogP contribution in [0.5, 0.6) is 5.75 Å². The molecular formula is C15H21NO2. The van der Waals surface area contributed by atoms with Gasteiger partial charge in [-0.1, -0.05) is 17.7 Å². The molecule has 3 atom stereocenters. The zero-order chi connectivity index (χ0) is 12.8. The number of fused-ring (bicyclic) bond motifs is 1. The molecule has 3 unspecified atom stereocenters. The van der Waals surface area contributed by atoms with Gasteiger partial charge in [-0.2, -0.15) is 0 Å². The van der Waals surface area contributed by atoms with E-state index >= 15 is 0 Å². The van der Waals surface area contributed by atoms with E-state index < -0.39 is 0 Å². The number of benzene rings is 1. The maximum absolute atomic E-state index is 6.31. The highest BCUT2D eigenvalue weighted by atomic mass is 16.6. The Morgan fingerprint density at radius 1 is 1.39 bits per heavy atom. The van der Waals surface area contributed by atoms with Crippen molar-refractivity contribution in [1.82, 2.24) is 5.32 Å². The van der Waals surface area contributed by atoms with Gasteiger partial charge in [0.25, 0.3) is 0 Å². The summed E-state index contributed by atoms with van der Waals surface area (Å²) < 4.78 is 12.0. The molecule has 0 aliphatic carbocycles. The van der Waals surface area contributed by atoms with Crippen LogP contribution in [0.2, 0.25) is 0 Å². The highest BCUT2D eigenvalue weighted by molar-refractivity contribution is 5.42. The number of ether oxygens (including phenoxy) is 2. The lowest BCUT2D eigenvalue weighted by Crippen LogP contribution is -2.48. The Bertz CT molecular complexity index is 460. The van der Waals surface area contributed by atoms with Crippen molar-refractivity contribution in [3.05, 3.63) is 29.3 Å². The Hall–Kier alpha value is -1.06. The van der Waals surface area contributed by atoms with Crippen LogP contribution < -0.4 is 10.1 Å². The smallest absolute Gasteiger partial charge is 0.139 e. The quantitative estimate of drug-likeness (QED) is 0.827. The SMILES string of the molecule is CNC1CC2(CCOC2C)Oc2ccc(C)cc21. The molecule has 2 aliphatic rings. The molecule has 98 valence electrons. The zero-order valence-electron chi connectivity index (χ0n) is 11.3. The van der Waals surface area contributed by atoms with E-state index in [1.807, 2.05) is 7.05 Å². The Balaban J connectivity index is 2.02. The first-order chi connectivity index (χ1) is 8.64. The first-order valence-corrected chi connectivity index (χ1v) is 6.73. The van der Waals surface area contributed by atoms with Crippen LogP contribution in [0, 0.1) is 6.92 Å². The molecule has 1 N–H and O–H groups in total. The van der Waals surface area contributed by atoms with Gasteiger partial charge in [0.05, 0.1) is 12.7 Å². The summed E-state index contributed by atoms with van der Waals surface area (Å²) in [6, 6.07) is 6.80. The highest BCUT2D eigenvalue weighted by Gasteiger charge is 2.48. The van der Waals surface area contributed by atoms with Gasteiger partial charge in [-0.25, -0.2) is 0 Å². The molecule has 1 fully saturated rings. The van der Waals surface area contributed by atoms with Crippen LogP contribution in [0.25, 0.3) is 0 Å². The van der Waals surface area contributed by atoms with Crippen LogP contribution in [-0.2, 0) is 4.74 Å². The zero-order valence-corrected chi connectivity index (χ0v) is 11.3. The summed E-state index contributed by atoms with van der Waals surface area (Å²) in [7, 11) is 2.02. The summed E-state index contributed by atoms with van der Waals surface area (Å²) in [5, 5.41) is 3.42. The number of hydrogen-bond donors (Lipinski definition) is 1. The van der Waals surface area contributed by atoms with E-state index in [9.17, 15) is 0 Å². The lowest BCUT2D eigenvalue weighted by molar-refractivity contribution is -0.0301. The third-order valence-corrected chi connectivity index (χ3v) is 4.39. The highest BCUT2D eigenvalue weighted by Crippen LogP contribution is 2.45. The standard InChI is InChI=1S/C15H21NO2/c1-10-4-5-14-12(8-10)13(16-3)9-15(18-14)6-7-17-11(15)2/h4-5,8,11,13,16H,6-7,9H2,1-3H3. The molecule has 2 heterocycles. The first kappa shape index (κ1) is 12.0. The maximum atomic E-state index is 6.31. The van der Waals surface area contributed by atoms with E-state index in [1.165, 1.54) is 11.1 Å². The molecular weight excluding hydrogens is 226 g/mol.